The zero-order chi connectivity index (χ0) is 12.5. The molecule has 18 heavy (non-hydrogen) atoms. The van der Waals surface area contributed by atoms with E-state index in [1.165, 1.54) is 19.3 Å². The van der Waals surface area contributed by atoms with Gasteiger partial charge in [-0.3, -0.25) is 4.90 Å². The molecule has 0 amide bonds. The second kappa shape index (κ2) is 5.08. The van der Waals surface area contributed by atoms with E-state index in [-0.39, 0.29) is 6.04 Å². The molecule has 3 rings (SSSR count). The summed E-state index contributed by atoms with van der Waals surface area (Å²) in [5, 5.41) is 11.2. The van der Waals surface area contributed by atoms with Crippen LogP contribution in [0.25, 0.3) is 0 Å². The van der Waals surface area contributed by atoms with E-state index in [0.717, 1.165) is 24.4 Å². The number of hydrogen-bond donors (Lipinski definition) is 1. The molecule has 2 heterocycles. The van der Waals surface area contributed by atoms with Crippen molar-refractivity contribution >= 4 is 11.6 Å². The summed E-state index contributed by atoms with van der Waals surface area (Å²) < 4.78 is 5.75. The van der Waals surface area contributed by atoms with Crippen LogP contribution in [0.3, 0.4) is 0 Å². The second-order valence-electron chi connectivity index (χ2n) is 5.10. The molecule has 0 radical (unpaired) electrons. The van der Waals surface area contributed by atoms with Gasteiger partial charge < -0.3 is 9.84 Å². The van der Waals surface area contributed by atoms with E-state index in [9.17, 15) is 5.11 Å². The predicted molar refractivity (Wildman–Crippen MR) is 71.1 cm³/mol. The molecule has 2 atom stereocenters. The molecule has 0 aromatic heterocycles. The van der Waals surface area contributed by atoms with Crippen LogP contribution in [-0.2, 0) is 0 Å². The SMILES string of the molecule is O[C@H]1c2cc(Cl)ccc2OC[C@H]1N1CCCCC1. The Kier molecular flexibility index (Phi) is 3.46. The van der Waals surface area contributed by atoms with Gasteiger partial charge in [0.25, 0.3) is 0 Å². The van der Waals surface area contributed by atoms with E-state index in [4.69, 9.17) is 16.3 Å². The topological polar surface area (TPSA) is 32.7 Å². The molecular weight excluding hydrogens is 250 g/mol. The smallest absolute Gasteiger partial charge is 0.125 e. The van der Waals surface area contributed by atoms with Crippen LogP contribution in [0.2, 0.25) is 5.02 Å². The van der Waals surface area contributed by atoms with Crippen LogP contribution in [0.4, 0.5) is 0 Å². The first-order valence-electron chi connectivity index (χ1n) is 6.60. The zero-order valence-corrected chi connectivity index (χ0v) is 11.1. The molecule has 4 heteroatoms. The molecule has 1 saturated heterocycles. The molecule has 2 aliphatic heterocycles. The lowest BCUT2D eigenvalue weighted by Gasteiger charge is -2.40. The third kappa shape index (κ3) is 2.22. The summed E-state index contributed by atoms with van der Waals surface area (Å²) >= 11 is 6.00. The molecule has 98 valence electrons. The zero-order valence-electron chi connectivity index (χ0n) is 10.3. The maximum absolute atomic E-state index is 10.5. The molecule has 2 aliphatic rings. The maximum Gasteiger partial charge on any atom is 0.125 e. The third-order valence-corrected chi connectivity index (χ3v) is 4.16. The molecule has 0 saturated carbocycles. The fourth-order valence-electron chi connectivity index (χ4n) is 2.91. The van der Waals surface area contributed by atoms with Gasteiger partial charge in [-0.05, 0) is 44.1 Å². The Bertz CT molecular complexity index is 432. The Morgan fingerprint density at radius 3 is 2.78 bits per heavy atom. The largest absolute Gasteiger partial charge is 0.491 e. The van der Waals surface area contributed by atoms with Crippen LogP contribution in [0.1, 0.15) is 30.9 Å². The Hall–Kier alpha value is -0.770. The molecule has 1 N–H and O–H groups in total. The molecule has 1 aromatic rings. The van der Waals surface area contributed by atoms with Crippen molar-refractivity contribution in [2.45, 2.75) is 31.4 Å². The van der Waals surface area contributed by atoms with Crippen LogP contribution in [0, 0.1) is 0 Å². The van der Waals surface area contributed by atoms with Gasteiger partial charge in [0.15, 0.2) is 0 Å². The summed E-state index contributed by atoms with van der Waals surface area (Å²) in [7, 11) is 0. The molecule has 3 nitrogen and oxygen atoms in total. The number of piperidine rings is 1. The average molecular weight is 268 g/mol. The monoisotopic (exact) mass is 267 g/mol. The number of aliphatic hydroxyl groups excluding tert-OH is 1. The van der Waals surface area contributed by atoms with Crippen molar-refractivity contribution < 1.29 is 9.84 Å². The standard InChI is InChI=1S/C14H18ClNO2/c15-10-4-5-13-11(8-10)14(17)12(9-18-13)16-6-2-1-3-7-16/h4-5,8,12,14,17H,1-3,6-7,9H2/t12-,14+/m1/s1. The van der Waals surface area contributed by atoms with Gasteiger partial charge in [0.1, 0.15) is 18.5 Å². The van der Waals surface area contributed by atoms with Crippen LogP contribution in [-0.4, -0.2) is 35.7 Å². The van der Waals surface area contributed by atoms with Crippen molar-refractivity contribution in [2.75, 3.05) is 19.7 Å². The molecule has 0 spiro atoms. The first-order valence-corrected chi connectivity index (χ1v) is 6.98. The van der Waals surface area contributed by atoms with E-state index in [1.807, 2.05) is 12.1 Å². The Morgan fingerprint density at radius 2 is 2.00 bits per heavy atom. The molecule has 1 aromatic carbocycles. The van der Waals surface area contributed by atoms with Gasteiger partial charge in [-0.1, -0.05) is 18.0 Å². The number of nitrogens with zero attached hydrogens (tertiary/aromatic N) is 1. The van der Waals surface area contributed by atoms with Crippen LogP contribution in [0.5, 0.6) is 5.75 Å². The fraction of sp³-hybridized carbons (Fsp3) is 0.571. The van der Waals surface area contributed by atoms with E-state index >= 15 is 0 Å². The summed E-state index contributed by atoms with van der Waals surface area (Å²) in [6, 6.07) is 5.52. The number of aliphatic hydroxyl groups is 1. The molecule has 0 unspecified atom stereocenters. The van der Waals surface area contributed by atoms with Crippen molar-refractivity contribution in [3.63, 3.8) is 0 Å². The summed E-state index contributed by atoms with van der Waals surface area (Å²) in [4.78, 5) is 2.35. The van der Waals surface area contributed by atoms with Gasteiger partial charge in [-0.2, -0.15) is 0 Å². The van der Waals surface area contributed by atoms with Gasteiger partial charge in [0.2, 0.25) is 0 Å². The van der Waals surface area contributed by atoms with E-state index in [2.05, 4.69) is 4.90 Å². The van der Waals surface area contributed by atoms with Crippen LogP contribution >= 0.6 is 11.6 Å². The Labute approximate surface area is 112 Å². The molecule has 0 aliphatic carbocycles. The van der Waals surface area contributed by atoms with Gasteiger partial charge >= 0.3 is 0 Å². The number of fused-ring (bicyclic) bond motifs is 1. The molecule has 1 fully saturated rings. The quantitative estimate of drug-likeness (QED) is 0.849. The highest BCUT2D eigenvalue weighted by Crippen LogP contribution is 2.36. The number of benzene rings is 1. The minimum absolute atomic E-state index is 0.0660. The number of ether oxygens (including phenoxy) is 1. The van der Waals surface area contributed by atoms with E-state index in [1.54, 1.807) is 6.07 Å². The van der Waals surface area contributed by atoms with Crippen molar-refractivity contribution in [1.29, 1.82) is 0 Å². The molecular formula is C14H18ClNO2. The van der Waals surface area contributed by atoms with Crippen molar-refractivity contribution in [1.82, 2.24) is 4.90 Å². The normalized spacial score (nSPS) is 28.6. The summed E-state index contributed by atoms with van der Waals surface area (Å²) in [5.74, 6) is 0.764. The minimum Gasteiger partial charge on any atom is -0.491 e. The van der Waals surface area contributed by atoms with Crippen molar-refractivity contribution in [2.24, 2.45) is 0 Å². The van der Waals surface area contributed by atoms with Crippen molar-refractivity contribution in [3.05, 3.63) is 28.8 Å². The van der Waals surface area contributed by atoms with Crippen LogP contribution < -0.4 is 4.74 Å². The lowest BCUT2D eigenvalue weighted by Crippen LogP contribution is -2.48. The highest BCUT2D eigenvalue weighted by molar-refractivity contribution is 6.30. The maximum atomic E-state index is 10.5. The van der Waals surface area contributed by atoms with Gasteiger partial charge in [-0.25, -0.2) is 0 Å². The lowest BCUT2D eigenvalue weighted by atomic mass is 9.96. The van der Waals surface area contributed by atoms with E-state index in [0.29, 0.717) is 11.6 Å². The van der Waals surface area contributed by atoms with E-state index < -0.39 is 6.10 Å². The number of rotatable bonds is 1. The highest BCUT2D eigenvalue weighted by atomic mass is 35.5. The minimum atomic E-state index is -0.495. The Balaban J connectivity index is 1.83. The fourth-order valence-corrected chi connectivity index (χ4v) is 3.09. The van der Waals surface area contributed by atoms with Gasteiger partial charge in [-0.15, -0.1) is 0 Å². The number of halogens is 1. The average Bonchev–Trinajstić information content (AvgIpc) is 2.41. The highest BCUT2D eigenvalue weighted by Gasteiger charge is 2.34. The number of likely N-dealkylation sites (tertiary alicyclic amines) is 1. The summed E-state index contributed by atoms with van der Waals surface area (Å²) in [5.41, 5.74) is 0.823. The lowest BCUT2D eigenvalue weighted by molar-refractivity contribution is -0.00433. The predicted octanol–water partition coefficient (Wildman–Crippen LogP) is 2.62. The second-order valence-corrected chi connectivity index (χ2v) is 5.54. The van der Waals surface area contributed by atoms with Gasteiger partial charge in [0.05, 0.1) is 6.04 Å². The third-order valence-electron chi connectivity index (χ3n) is 3.92. The Morgan fingerprint density at radius 1 is 1.22 bits per heavy atom. The van der Waals surface area contributed by atoms with Crippen molar-refractivity contribution in [3.8, 4) is 5.75 Å². The first-order chi connectivity index (χ1) is 8.75. The summed E-state index contributed by atoms with van der Waals surface area (Å²) in [6.45, 7) is 2.68. The number of hydrogen-bond acceptors (Lipinski definition) is 3. The molecule has 0 bridgehead atoms. The first kappa shape index (κ1) is 12.3. The van der Waals surface area contributed by atoms with Crippen LogP contribution in [0.15, 0.2) is 18.2 Å². The summed E-state index contributed by atoms with van der Waals surface area (Å²) in [6.07, 6.45) is 3.23. The van der Waals surface area contributed by atoms with Gasteiger partial charge in [0, 0.05) is 10.6 Å².